The summed E-state index contributed by atoms with van der Waals surface area (Å²) in [5.41, 5.74) is 5.78. The third-order valence-corrected chi connectivity index (χ3v) is 16.6. The number of thiophene rings is 1. The number of hydrogen-bond donors (Lipinski definition) is 1. The molecule has 1 amide bonds. The van der Waals surface area contributed by atoms with Crippen molar-refractivity contribution in [3.8, 4) is 28.7 Å². The number of aliphatic hydroxyl groups excluding tert-OH is 1. The summed E-state index contributed by atoms with van der Waals surface area (Å²) in [6.07, 6.45) is 5.76. The summed E-state index contributed by atoms with van der Waals surface area (Å²) in [5.74, 6) is 3.78. The van der Waals surface area contributed by atoms with Crippen LogP contribution < -0.4 is 23.7 Å². The van der Waals surface area contributed by atoms with Crippen molar-refractivity contribution in [3.63, 3.8) is 0 Å². The van der Waals surface area contributed by atoms with Crippen LogP contribution in [0.25, 0.3) is 0 Å². The molecule has 5 heterocycles. The second-order valence-corrected chi connectivity index (χ2v) is 20.1. The minimum atomic E-state index is -3.97. The Balaban J connectivity index is 1.08. The zero-order valence-corrected chi connectivity index (χ0v) is 40.4. The van der Waals surface area contributed by atoms with Gasteiger partial charge in [-0.15, -0.1) is 0 Å². The number of allylic oxidation sites excluding steroid dienone is 1. The highest BCUT2D eigenvalue weighted by molar-refractivity contribution is 7.89. The van der Waals surface area contributed by atoms with E-state index in [-0.39, 0.29) is 66.8 Å². The summed E-state index contributed by atoms with van der Waals surface area (Å²) in [5, 5.41) is 14.0. The quantitative estimate of drug-likeness (QED) is 0.106. The SMILES string of the molecule is CCC1CN2CCc3cc(OC)c(OC)cc3C2CC1CC1c2cc(OC)c(OC)cc2CCN1C(=O)C1=CC(c2ccsc2)CC(OCCN(CCO)S(=O)(=O)c2ccc(OC)cc2)O1. The van der Waals surface area contributed by atoms with Crippen molar-refractivity contribution in [1.29, 1.82) is 0 Å². The minimum absolute atomic E-state index is 0.0285. The lowest BCUT2D eigenvalue weighted by Gasteiger charge is -2.49. The number of amides is 1. The van der Waals surface area contributed by atoms with Crippen LogP contribution in [0.4, 0.5) is 0 Å². The van der Waals surface area contributed by atoms with Crippen LogP contribution >= 0.6 is 11.3 Å². The average molecular weight is 946 g/mol. The summed E-state index contributed by atoms with van der Waals surface area (Å²) in [7, 11) is 4.20. The second kappa shape index (κ2) is 21.0. The largest absolute Gasteiger partial charge is 0.497 e. The first-order valence-electron chi connectivity index (χ1n) is 22.9. The van der Waals surface area contributed by atoms with Gasteiger partial charge in [0.2, 0.25) is 16.3 Å². The zero-order chi connectivity index (χ0) is 46.5. The predicted molar refractivity (Wildman–Crippen MR) is 251 cm³/mol. The maximum absolute atomic E-state index is 15.3. The Kier molecular flexibility index (Phi) is 15.2. The molecular formula is C50H63N3O11S2. The summed E-state index contributed by atoms with van der Waals surface area (Å²) in [6.45, 7) is 4.13. The Morgan fingerprint density at radius 1 is 0.833 bits per heavy atom. The van der Waals surface area contributed by atoms with Gasteiger partial charge in [-0.2, -0.15) is 15.6 Å². The van der Waals surface area contributed by atoms with Gasteiger partial charge < -0.3 is 43.2 Å². The molecule has 4 aromatic rings. The average Bonchev–Trinajstić information content (AvgIpc) is 3.90. The van der Waals surface area contributed by atoms with Gasteiger partial charge in [0.15, 0.2) is 28.8 Å². The number of aliphatic hydroxyl groups is 1. The first-order chi connectivity index (χ1) is 32.0. The standard InChI is InChI=1S/C50H63N3O11S2/c1-7-32-30-51-15-12-33-24-44(59-3)46(61-5)28-40(33)42(51)22-36(32)23-43-41-29-47(62-6)45(60-4)25-34(41)13-16-53(43)50(55)48-26-37(35-14-21-65-31-35)27-49(64-48)63-20-18-52(17-19-54)66(56,57)39-10-8-38(58-2)9-11-39/h8-11,14,21,24-26,28-29,31-32,36-37,42-43,49,54H,7,12-13,15-20,22-23,27,30H2,1-6H3. The molecule has 6 atom stereocenters. The number of carbonyl (C=O) groups excluding carboxylic acids is 1. The van der Waals surface area contributed by atoms with E-state index in [0.717, 1.165) is 67.0 Å². The summed E-state index contributed by atoms with van der Waals surface area (Å²) in [4.78, 5) is 20.0. The fourth-order valence-corrected chi connectivity index (χ4v) is 12.6. The molecule has 1 N–H and O–H groups in total. The van der Waals surface area contributed by atoms with Gasteiger partial charge in [-0.1, -0.05) is 13.3 Å². The number of piperidine rings is 1. The molecule has 6 unspecified atom stereocenters. The van der Waals surface area contributed by atoms with Gasteiger partial charge in [0.05, 0.1) is 59.7 Å². The molecule has 66 heavy (non-hydrogen) atoms. The number of hydrogen-bond acceptors (Lipinski definition) is 13. The van der Waals surface area contributed by atoms with Gasteiger partial charge in [-0.05, 0) is 137 Å². The van der Waals surface area contributed by atoms with E-state index in [9.17, 15) is 13.5 Å². The molecule has 14 nitrogen and oxygen atoms in total. The summed E-state index contributed by atoms with van der Waals surface area (Å²) in [6, 6.07) is 16.5. The number of ether oxygens (including phenoxy) is 7. The molecule has 8 rings (SSSR count). The number of rotatable bonds is 18. The van der Waals surface area contributed by atoms with E-state index in [1.54, 1.807) is 51.9 Å². The fraction of sp³-hybridized carbons (Fsp3) is 0.500. The lowest BCUT2D eigenvalue weighted by Crippen LogP contribution is -2.48. The highest BCUT2D eigenvalue weighted by atomic mass is 32.2. The number of fused-ring (bicyclic) bond motifs is 4. The normalized spacial score (nSPS) is 22.9. The van der Waals surface area contributed by atoms with E-state index in [0.29, 0.717) is 42.6 Å². The van der Waals surface area contributed by atoms with Crippen molar-refractivity contribution in [1.82, 2.24) is 14.1 Å². The van der Waals surface area contributed by atoms with Crippen molar-refractivity contribution in [2.45, 2.75) is 74.6 Å². The second-order valence-electron chi connectivity index (χ2n) is 17.4. The Morgan fingerprint density at radius 3 is 2.14 bits per heavy atom. The zero-order valence-electron chi connectivity index (χ0n) is 38.8. The Labute approximate surface area is 393 Å². The van der Waals surface area contributed by atoms with E-state index in [1.165, 1.54) is 34.7 Å². The van der Waals surface area contributed by atoms with Gasteiger partial charge in [-0.3, -0.25) is 9.69 Å². The molecule has 16 heteroatoms. The molecule has 0 bridgehead atoms. The van der Waals surface area contributed by atoms with E-state index < -0.39 is 16.3 Å². The van der Waals surface area contributed by atoms with Crippen molar-refractivity contribution < 1.29 is 51.5 Å². The van der Waals surface area contributed by atoms with Gasteiger partial charge in [0.1, 0.15) is 5.75 Å². The van der Waals surface area contributed by atoms with E-state index in [4.69, 9.17) is 33.2 Å². The van der Waals surface area contributed by atoms with Crippen LogP contribution in [0.1, 0.15) is 78.4 Å². The van der Waals surface area contributed by atoms with E-state index in [1.807, 2.05) is 22.4 Å². The number of benzene rings is 3. The van der Waals surface area contributed by atoms with Crippen LogP contribution in [0.3, 0.4) is 0 Å². The Bertz CT molecular complexity index is 2450. The van der Waals surface area contributed by atoms with Crippen LogP contribution in [-0.2, 0) is 37.1 Å². The molecule has 3 aromatic carbocycles. The minimum Gasteiger partial charge on any atom is -0.497 e. The molecule has 4 aliphatic rings. The molecule has 0 spiro atoms. The number of methoxy groups -OCH3 is 5. The maximum Gasteiger partial charge on any atom is 0.289 e. The third-order valence-electron chi connectivity index (χ3n) is 14.0. The summed E-state index contributed by atoms with van der Waals surface area (Å²) < 4.78 is 69.7. The van der Waals surface area contributed by atoms with Gasteiger partial charge >= 0.3 is 0 Å². The predicted octanol–water partition coefficient (Wildman–Crippen LogP) is 7.37. The van der Waals surface area contributed by atoms with Crippen molar-refractivity contribution >= 4 is 27.3 Å². The maximum atomic E-state index is 15.3. The lowest BCUT2D eigenvalue weighted by atomic mass is 9.72. The van der Waals surface area contributed by atoms with Crippen molar-refractivity contribution in [2.75, 3.05) is 81.5 Å². The van der Waals surface area contributed by atoms with E-state index >= 15 is 4.79 Å². The van der Waals surface area contributed by atoms with Gasteiger partial charge in [-0.25, -0.2) is 8.42 Å². The van der Waals surface area contributed by atoms with Crippen molar-refractivity contribution in [2.24, 2.45) is 11.8 Å². The first kappa shape index (κ1) is 47.6. The number of nitrogens with zero attached hydrogens (tertiary/aromatic N) is 3. The number of carbonyl (C=O) groups is 1. The topological polar surface area (TPSA) is 146 Å². The van der Waals surface area contributed by atoms with Crippen LogP contribution in [-0.4, -0.2) is 121 Å². The van der Waals surface area contributed by atoms with Crippen molar-refractivity contribution in [3.05, 3.63) is 105 Å². The monoisotopic (exact) mass is 945 g/mol. The highest BCUT2D eigenvalue weighted by Gasteiger charge is 2.43. The number of sulfonamides is 1. The van der Waals surface area contributed by atoms with Gasteiger partial charge in [0.25, 0.3) is 5.91 Å². The third kappa shape index (κ3) is 9.76. The molecule has 1 aromatic heterocycles. The van der Waals surface area contributed by atoms with E-state index in [2.05, 4.69) is 41.5 Å². The Morgan fingerprint density at radius 2 is 1.50 bits per heavy atom. The van der Waals surface area contributed by atoms with Gasteiger partial charge in [0, 0.05) is 51.1 Å². The lowest BCUT2D eigenvalue weighted by molar-refractivity contribution is -0.155. The molecule has 1 saturated heterocycles. The molecular weight excluding hydrogens is 883 g/mol. The molecule has 1 fully saturated rings. The smallest absolute Gasteiger partial charge is 0.289 e. The summed E-state index contributed by atoms with van der Waals surface area (Å²) >= 11 is 1.58. The Hall–Kier alpha value is -4.84. The van der Waals surface area contributed by atoms with Crippen LogP contribution in [0, 0.1) is 11.8 Å². The molecule has 0 saturated carbocycles. The fourth-order valence-electron chi connectivity index (χ4n) is 10.5. The molecule has 4 aliphatic heterocycles. The highest BCUT2D eigenvalue weighted by Crippen LogP contribution is 2.50. The van der Waals surface area contributed by atoms with Crippen LogP contribution in [0.2, 0.25) is 0 Å². The molecule has 0 aliphatic carbocycles. The molecule has 0 radical (unpaired) electrons. The van der Waals surface area contributed by atoms with Crippen LogP contribution in [0.5, 0.6) is 28.7 Å². The molecule has 356 valence electrons. The van der Waals surface area contributed by atoms with Crippen LogP contribution in [0.15, 0.2) is 82.1 Å². The first-order valence-corrected chi connectivity index (χ1v) is 25.2.